The van der Waals surface area contributed by atoms with Gasteiger partial charge in [0.1, 0.15) is 0 Å². The minimum absolute atomic E-state index is 0. The van der Waals surface area contributed by atoms with Gasteiger partial charge in [0.25, 0.3) is 0 Å². The van der Waals surface area contributed by atoms with E-state index in [-0.39, 0.29) is 17.1 Å². The van der Waals surface area contributed by atoms with Crippen molar-refractivity contribution >= 4 is 0 Å². The van der Waals surface area contributed by atoms with Crippen molar-refractivity contribution in [3.63, 3.8) is 0 Å². The molecule has 0 heterocycles. The molecule has 0 atom stereocenters. The Bertz CT molecular complexity index is 229. The Morgan fingerprint density at radius 3 is 0.765 bits per heavy atom. The number of nitrogens with zero attached hydrogens (tertiary/aromatic N) is 5. The van der Waals surface area contributed by atoms with Gasteiger partial charge in [0, 0.05) is 27.7 Å². The molecule has 98 valence electrons. The molecule has 0 amide bonds. The van der Waals surface area contributed by atoms with Gasteiger partial charge in [-0.05, 0) is 0 Å². The Kier molecular flexibility index (Phi) is 215. The molecular weight excluding hydrogens is 278 g/mol. The van der Waals surface area contributed by atoms with Gasteiger partial charge in [0.2, 0.25) is 0 Å². The molecule has 0 aromatic carbocycles. The third-order valence-electron chi connectivity index (χ3n) is 0. The van der Waals surface area contributed by atoms with Crippen molar-refractivity contribution in [3.05, 3.63) is 15.3 Å². The van der Waals surface area contributed by atoms with Crippen molar-refractivity contribution in [2.45, 2.75) is 27.7 Å². The zero-order valence-corrected chi connectivity index (χ0v) is 10.7. The predicted octanol–water partition coefficient (Wildman–Crippen LogP) is 1.88. The maximum Gasteiger partial charge on any atom is 1.00 e. The van der Waals surface area contributed by atoms with Crippen LogP contribution in [0.1, 0.15) is 27.7 Å². The Hall–Kier alpha value is -2.32. The van der Waals surface area contributed by atoms with E-state index in [1.54, 1.807) is 24.3 Å². The van der Waals surface area contributed by atoms with Gasteiger partial charge < -0.3 is 15.3 Å². The van der Waals surface area contributed by atoms with Crippen LogP contribution in [0.5, 0.6) is 0 Å². The van der Waals surface area contributed by atoms with E-state index in [0.717, 1.165) is 0 Å². The summed E-state index contributed by atoms with van der Waals surface area (Å²) in [6.07, 6.45) is 0. The molecule has 17 heavy (non-hydrogen) atoms. The Morgan fingerprint density at radius 1 is 0.765 bits per heavy atom. The molecule has 8 nitrogen and oxygen atoms in total. The fourth-order valence-corrected chi connectivity index (χ4v) is 0. The minimum atomic E-state index is -1.75. The predicted molar refractivity (Wildman–Crippen MR) is 55.5 cm³/mol. The molecule has 0 aromatic heterocycles. The summed E-state index contributed by atoms with van der Waals surface area (Å²) in [5.74, 6) is 0. The van der Waals surface area contributed by atoms with E-state index in [4.69, 9.17) is 36.4 Å². The van der Waals surface area contributed by atoms with Gasteiger partial charge in [0.05, 0.1) is 29.4 Å². The summed E-state index contributed by atoms with van der Waals surface area (Å²) in [5, 5.41) is 44.0. The van der Waals surface area contributed by atoms with Crippen LogP contribution < -0.4 is 0 Å². The topological polar surface area (TPSA) is 161 Å². The number of rotatable bonds is 0. The van der Waals surface area contributed by atoms with E-state index < -0.39 is 5.09 Å². The molecule has 0 saturated heterocycles. The Labute approximate surface area is 111 Å². The van der Waals surface area contributed by atoms with Crippen LogP contribution in [0.15, 0.2) is 0 Å². The standard InChI is InChI=1S/4C2H3N.Cu.NO3/c4*1-2-3;;2-1(3)4/h4*1H3;;/q;;;;+1;-1. The summed E-state index contributed by atoms with van der Waals surface area (Å²) < 4.78 is 0. The van der Waals surface area contributed by atoms with Gasteiger partial charge in [-0.3, -0.25) is 0 Å². The first kappa shape index (κ1) is 36.5. The summed E-state index contributed by atoms with van der Waals surface area (Å²) in [4.78, 5) is 8.25. The monoisotopic (exact) mass is 289 g/mol. The van der Waals surface area contributed by atoms with Gasteiger partial charge in [-0.1, -0.05) is 0 Å². The molecule has 0 rings (SSSR count). The molecule has 0 unspecified atom stereocenters. The van der Waals surface area contributed by atoms with Crippen LogP contribution in [0.4, 0.5) is 0 Å². The molecule has 0 aliphatic rings. The van der Waals surface area contributed by atoms with Crippen molar-refractivity contribution in [2.24, 2.45) is 0 Å². The molecule has 0 saturated carbocycles. The third-order valence-corrected chi connectivity index (χ3v) is 0. The van der Waals surface area contributed by atoms with Crippen LogP contribution in [-0.4, -0.2) is 5.09 Å². The van der Waals surface area contributed by atoms with Gasteiger partial charge in [-0.15, -0.1) is 0 Å². The molecule has 0 bridgehead atoms. The molecule has 0 aliphatic carbocycles. The zero-order chi connectivity index (χ0) is 14.4. The van der Waals surface area contributed by atoms with Crippen molar-refractivity contribution in [1.82, 2.24) is 0 Å². The van der Waals surface area contributed by atoms with E-state index in [1.807, 2.05) is 0 Å². The van der Waals surface area contributed by atoms with Crippen molar-refractivity contribution in [1.29, 1.82) is 21.0 Å². The second-order valence-electron chi connectivity index (χ2n) is 1.12. The molecule has 9 heteroatoms. The average Bonchev–Trinajstić information content (AvgIpc) is 2.06. The van der Waals surface area contributed by atoms with E-state index in [0.29, 0.717) is 0 Å². The maximum atomic E-state index is 8.25. The molecule has 0 radical (unpaired) electrons. The maximum absolute atomic E-state index is 8.25. The normalized spacial score (nSPS) is 3.29. The Balaban J connectivity index is -0.0000000221. The molecular formula is C8H12CuN5O3. The van der Waals surface area contributed by atoms with E-state index in [1.165, 1.54) is 27.7 Å². The smallest absolute Gasteiger partial charge is 0.356 e. The molecule has 0 N–H and O–H groups in total. The van der Waals surface area contributed by atoms with Crippen LogP contribution in [0.2, 0.25) is 0 Å². The van der Waals surface area contributed by atoms with Gasteiger partial charge in [-0.2, -0.15) is 21.0 Å². The first-order chi connectivity index (χ1) is 7.39. The van der Waals surface area contributed by atoms with Gasteiger partial charge in [0.15, 0.2) is 0 Å². The van der Waals surface area contributed by atoms with Crippen molar-refractivity contribution in [3.8, 4) is 24.3 Å². The zero-order valence-electron chi connectivity index (χ0n) is 9.76. The second kappa shape index (κ2) is 100. The summed E-state index contributed by atoms with van der Waals surface area (Å²) in [6, 6.07) is 7.00. The van der Waals surface area contributed by atoms with Crippen molar-refractivity contribution in [2.75, 3.05) is 0 Å². The summed E-state index contributed by atoms with van der Waals surface area (Å²) in [7, 11) is 0. The fraction of sp³-hybridized carbons (Fsp3) is 0.500. The van der Waals surface area contributed by atoms with E-state index in [2.05, 4.69) is 0 Å². The molecule has 0 aliphatic heterocycles. The SMILES string of the molecule is CC#N.CC#N.CC#N.CC#N.O=[N+]([O-])[O-].[Cu+]. The van der Waals surface area contributed by atoms with Crippen molar-refractivity contribution < 1.29 is 22.2 Å². The molecule has 0 fully saturated rings. The first-order valence-electron chi connectivity index (χ1n) is 3.44. The van der Waals surface area contributed by atoms with Crippen LogP contribution in [-0.2, 0) is 17.1 Å². The number of nitriles is 4. The number of hydrogen-bond acceptors (Lipinski definition) is 7. The second-order valence-corrected chi connectivity index (χ2v) is 1.12. The fourth-order valence-electron chi connectivity index (χ4n) is 0. The summed E-state index contributed by atoms with van der Waals surface area (Å²) in [5.41, 5.74) is 0. The minimum Gasteiger partial charge on any atom is -0.356 e. The average molecular weight is 290 g/mol. The molecule has 0 spiro atoms. The quantitative estimate of drug-likeness (QED) is 0.373. The van der Waals surface area contributed by atoms with Crippen LogP contribution in [0, 0.1) is 60.6 Å². The van der Waals surface area contributed by atoms with Gasteiger partial charge >= 0.3 is 17.1 Å². The van der Waals surface area contributed by atoms with Crippen LogP contribution in [0.25, 0.3) is 0 Å². The summed E-state index contributed by atoms with van der Waals surface area (Å²) in [6.45, 7) is 5.72. The third kappa shape index (κ3) is 347. The van der Waals surface area contributed by atoms with E-state index >= 15 is 0 Å². The van der Waals surface area contributed by atoms with Crippen LogP contribution in [0.3, 0.4) is 0 Å². The van der Waals surface area contributed by atoms with E-state index in [9.17, 15) is 0 Å². The van der Waals surface area contributed by atoms with Gasteiger partial charge in [-0.25, -0.2) is 0 Å². The largest absolute Gasteiger partial charge is 1.00 e. The summed E-state index contributed by atoms with van der Waals surface area (Å²) >= 11 is 0. The first-order valence-corrected chi connectivity index (χ1v) is 3.44. The Morgan fingerprint density at radius 2 is 0.765 bits per heavy atom. The molecule has 0 aromatic rings. The number of hydrogen-bond donors (Lipinski definition) is 0. The van der Waals surface area contributed by atoms with Crippen LogP contribution >= 0.6 is 0 Å².